The van der Waals surface area contributed by atoms with E-state index in [0.29, 0.717) is 41.3 Å². The number of amides is 1. The molecule has 2 saturated heterocycles. The first-order valence-electron chi connectivity index (χ1n) is 16.2. The summed E-state index contributed by atoms with van der Waals surface area (Å²) in [5, 5.41) is 8.51. The number of nitrogens with zero attached hydrogens (tertiary/aromatic N) is 1. The van der Waals surface area contributed by atoms with Gasteiger partial charge in [0.25, 0.3) is 5.92 Å². The molecule has 9 nitrogen and oxygen atoms in total. The molecule has 6 rings (SSSR count). The maximum absolute atomic E-state index is 16.2. The largest absolute Gasteiger partial charge is 0.490 e. The highest BCUT2D eigenvalue weighted by atomic mass is 79.9. The second kappa shape index (κ2) is 15.1. The smallest absolute Gasteiger partial charge is 0.490 e. The summed E-state index contributed by atoms with van der Waals surface area (Å²) in [4.78, 5) is 24.1. The van der Waals surface area contributed by atoms with Crippen LogP contribution in [0.5, 0.6) is 5.75 Å². The number of fused-ring (bicyclic) bond motifs is 3. The standard InChI is InChI=1S/C32H36BrF2N3O4S.C2HF3O2/c33-23-10-8-22(9-11-23)32(34,35)30(31(39)38-25-12-13-26(38)19-24(36)18-25)37-43(40,41)29-15-7-20-16-28(14-6-21(20)17-29)42-27-4-2-1-3-5-27;3-2(4,5)1(6)7/h6-11,14-17,24-27,30,37H,1-5,12-13,18-19,36H2;(H,6,7)/t24?,25?,26?,30-;/m1./s1. The molecule has 16 heteroatoms. The molecule has 2 bridgehead atoms. The average Bonchev–Trinajstić information content (AvgIpc) is 3.33. The van der Waals surface area contributed by atoms with Crippen LogP contribution in [-0.2, 0) is 25.5 Å². The molecule has 1 aliphatic carbocycles. The summed E-state index contributed by atoms with van der Waals surface area (Å²) in [5.74, 6) is -6.80. The fourth-order valence-corrected chi connectivity index (χ4v) is 8.38. The van der Waals surface area contributed by atoms with E-state index in [-0.39, 0.29) is 29.1 Å². The van der Waals surface area contributed by atoms with Gasteiger partial charge in [0.2, 0.25) is 15.9 Å². The van der Waals surface area contributed by atoms with Crippen molar-refractivity contribution in [1.29, 1.82) is 0 Å². The van der Waals surface area contributed by atoms with Crippen molar-refractivity contribution < 1.29 is 49.8 Å². The van der Waals surface area contributed by atoms with Crippen LogP contribution in [-0.4, -0.2) is 66.7 Å². The Labute approximate surface area is 294 Å². The topological polar surface area (TPSA) is 139 Å². The summed E-state index contributed by atoms with van der Waals surface area (Å²) in [6.45, 7) is 0. The molecule has 50 heavy (non-hydrogen) atoms. The van der Waals surface area contributed by atoms with E-state index in [0.717, 1.165) is 31.1 Å². The van der Waals surface area contributed by atoms with E-state index in [4.69, 9.17) is 20.4 Å². The van der Waals surface area contributed by atoms with Crippen molar-refractivity contribution in [1.82, 2.24) is 9.62 Å². The Hall–Kier alpha value is -3.34. The molecule has 2 aliphatic heterocycles. The van der Waals surface area contributed by atoms with Crippen molar-refractivity contribution >= 4 is 48.6 Å². The lowest BCUT2D eigenvalue weighted by Gasteiger charge is -2.41. The predicted molar refractivity (Wildman–Crippen MR) is 178 cm³/mol. The van der Waals surface area contributed by atoms with Crippen LogP contribution in [0.4, 0.5) is 22.0 Å². The number of nitrogens with two attached hydrogens (primary N) is 1. The number of halogens is 6. The number of piperidine rings is 1. The van der Waals surface area contributed by atoms with Crippen molar-refractivity contribution in [2.24, 2.45) is 5.73 Å². The number of ether oxygens (including phenoxy) is 1. The monoisotopic (exact) mass is 789 g/mol. The van der Waals surface area contributed by atoms with Crippen molar-refractivity contribution in [2.45, 2.75) is 105 Å². The molecule has 0 aromatic heterocycles. The summed E-state index contributed by atoms with van der Waals surface area (Å²) in [6.07, 6.45) is 2.93. The van der Waals surface area contributed by atoms with E-state index in [1.165, 1.54) is 47.7 Å². The minimum Gasteiger partial charge on any atom is -0.490 e. The molecule has 3 aliphatic rings. The molecule has 4 N–H and O–H groups in total. The summed E-state index contributed by atoms with van der Waals surface area (Å²) >= 11 is 3.25. The molecule has 3 aromatic rings. The quantitative estimate of drug-likeness (QED) is 0.212. The zero-order valence-corrected chi connectivity index (χ0v) is 29.1. The molecule has 3 aromatic carbocycles. The molecule has 3 atom stereocenters. The van der Waals surface area contributed by atoms with Gasteiger partial charge in [-0.05, 0) is 98.5 Å². The molecule has 2 heterocycles. The summed E-state index contributed by atoms with van der Waals surface area (Å²) in [6, 6.07) is 12.1. The van der Waals surface area contributed by atoms with Crippen LogP contribution < -0.4 is 15.2 Å². The number of carboxylic acid groups (broad SMARTS) is 1. The summed E-state index contributed by atoms with van der Waals surface area (Å²) in [7, 11) is -4.53. The number of benzene rings is 3. The average molecular weight is 791 g/mol. The van der Waals surface area contributed by atoms with Crippen LogP contribution in [0.25, 0.3) is 10.8 Å². The van der Waals surface area contributed by atoms with Gasteiger partial charge in [-0.3, -0.25) is 4.79 Å². The minimum absolute atomic E-state index is 0.116. The van der Waals surface area contributed by atoms with Gasteiger partial charge in [0.05, 0.1) is 11.0 Å². The van der Waals surface area contributed by atoms with E-state index in [1.807, 2.05) is 6.07 Å². The van der Waals surface area contributed by atoms with Gasteiger partial charge in [-0.15, -0.1) is 0 Å². The predicted octanol–water partition coefficient (Wildman–Crippen LogP) is 6.87. The maximum atomic E-state index is 16.2. The molecule has 1 saturated carbocycles. The first-order valence-corrected chi connectivity index (χ1v) is 18.5. The Bertz CT molecular complexity index is 1790. The first-order chi connectivity index (χ1) is 23.5. The number of hydrogen-bond donors (Lipinski definition) is 3. The Morgan fingerprint density at radius 2 is 1.44 bits per heavy atom. The van der Waals surface area contributed by atoms with E-state index in [1.54, 1.807) is 18.2 Å². The van der Waals surface area contributed by atoms with E-state index < -0.39 is 45.6 Å². The van der Waals surface area contributed by atoms with Gasteiger partial charge < -0.3 is 20.5 Å². The van der Waals surface area contributed by atoms with Gasteiger partial charge >= 0.3 is 12.1 Å². The van der Waals surface area contributed by atoms with Crippen LogP contribution in [0.2, 0.25) is 0 Å². The van der Waals surface area contributed by atoms with Gasteiger partial charge in [-0.25, -0.2) is 13.2 Å². The highest BCUT2D eigenvalue weighted by molar-refractivity contribution is 9.10. The number of alkyl halides is 5. The number of carbonyl (C=O) groups is 2. The highest BCUT2D eigenvalue weighted by Crippen LogP contribution is 2.40. The Morgan fingerprint density at radius 3 is 2.02 bits per heavy atom. The SMILES string of the molecule is NC1CC2CCC(C1)N2C(=O)[C@@H](NS(=O)(=O)c1ccc2cc(OC3CCCCC3)ccc2c1)C(F)(F)c1ccc(Br)cc1.O=C(O)C(F)(F)F. The van der Waals surface area contributed by atoms with Crippen LogP contribution in [0.3, 0.4) is 0 Å². The zero-order valence-electron chi connectivity index (χ0n) is 26.7. The number of rotatable bonds is 8. The highest BCUT2D eigenvalue weighted by Gasteiger charge is 2.53. The van der Waals surface area contributed by atoms with E-state index in [9.17, 15) is 26.4 Å². The number of carbonyl (C=O) groups excluding carboxylic acids is 1. The zero-order chi connectivity index (χ0) is 36.4. The number of hydrogen-bond acceptors (Lipinski definition) is 6. The lowest BCUT2D eigenvalue weighted by atomic mass is 9.95. The van der Waals surface area contributed by atoms with Crippen molar-refractivity contribution in [3.8, 4) is 5.75 Å². The molecular weight excluding hydrogens is 753 g/mol. The molecule has 3 fully saturated rings. The number of nitrogens with one attached hydrogen (secondary N) is 1. The molecule has 0 spiro atoms. The minimum atomic E-state index is -5.08. The van der Waals surface area contributed by atoms with Gasteiger partial charge in [0.15, 0.2) is 6.04 Å². The second-order valence-corrected chi connectivity index (χ2v) is 15.5. The van der Waals surface area contributed by atoms with Crippen molar-refractivity contribution in [3.05, 3.63) is 70.7 Å². The van der Waals surface area contributed by atoms with Gasteiger partial charge in [-0.2, -0.15) is 26.7 Å². The van der Waals surface area contributed by atoms with Crippen LogP contribution in [0.1, 0.15) is 63.4 Å². The molecular formula is C34H37BrF5N3O6S. The number of carboxylic acids is 1. The van der Waals surface area contributed by atoms with Crippen molar-refractivity contribution in [2.75, 3.05) is 0 Å². The fraction of sp³-hybridized carbons (Fsp3) is 0.471. The molecule has 272 valence electrons. The Morgan fingerprint density at radius 1 is 0.880 bits per heavy atom. The lowest BCUT2D eigenvalue weighted by Crippen LogP contribution is -2.60. The van der Waals surface area contributed by atoms with Gasteiger partial charge in [0, 0.05) is 28.2 Å². The maximum Gasteiger partial charge on any atom is 0.490 e. The molecule has 0 radical (unpaired) electrons. The third-order valence-corrected chi connectivity index (χ3v) is 11.3. The van der Waals surface area contributed by atoms with E-state index in [2.05, 4.69) is 20.7 Å². The van der Waals surface area contributed by atoms with Gasteiger partial charge in [-0.1, -0.05) is 46.6 Å². The number of sulfonamides is 1. The third-order valence-electron chi connectivity index (χ3n) is 9.33. The molecule has 2 unspecified atom stereocenters. The van der Waals surface area contributed by atoms with E-state index >= 15 is 8.78 Å². The summed E-state index contributed by atoms with van der Waals surface area (Å²) in [5.41, 5.74) is 5.70. The molecule has 1 amide bonds. The van der Waals surface area contributed by atoms with Crippen LogP contribution >= 0.6 is 15.9 Å². The fourth-order valence-electron chi connectivity index (χ4n) is 6.89. The Kier molecular flexibility index (Phi) is 11.4. The first kappa shape index (κ1) is 37.9. The lowest BCUT2D eigenvalue weighted by molar-refractivity contribution is -0.192. The second-order valence-electron chi connectivity index (χ2n) is 12.9. The van der Waals surface area contributed by atoms with Crippen LogP contribution in [0, 0.1) is 0 Å². The third kappa shape index (κ3) is 8.75. The van der Waals surface area contributed by atoms with Crippen LogP contribution in [0.15, 0.2) is 70.0 Å². The number of aliphatic carboxylic acids is 1. The Balaban J connectivity index is 0.000000630. The summed E-state index contributed by atoms with van der Waals surface area (Å²) < 4.78 is 100. The normalized spacial score (nSPS) is 22.1. The van der Waals surface area contributed by atoms with Crippen molar-refractivity contribution in [3.63, 3.8) is 0 Å². The van der Waals surface area contributed by atoms with Gasteiger partial charge in [0.1, 0.15) is 5.75 Å².